The Bertz CT molecular complexity index is 299. The van der Waals surface area contributed by atoms with E-state index in [9.17, 15) is 9.18 Å². The molecule has 0 aromatic carbocycles. The summed E-state index contributed by atoms with van der Waals surface area (Å²) in [4.78, 5) is 13.9. The van der Waals surface area contributed by atoms with E-state index in [1.54, 1.807) is 12.1 Å². The molecular weight excluding hydrogens is 197 g/mol. The summed E-state index contributed by atoms with van der Waals surface area (Å²) >= 11 is 0. The molecule has 0 unspecified atom stereocenters. The second-order valence-corrected chi connectivity index (χ2v) is 3.18. The van der Waals surface area contributed by atoms with Gasteiger partial charge in [-0.3, -0.25) is 4.79 Å². The van der Waals surface area contributed by atoms with Crippen LogP contribution in [-0.4, -0.2) is 17.6 Å². The Morgan fingerprint density at radius 3 is 2.67 bits per heavy atom. The Morgan fingerprint density at radius 2 is 2.33 bits per heavy atom. The fraction of sp³-hybridized carbons (Fsp3) is 0.455. The van der Waals surface area contributed by atoms with Crippen LogP contribution in [0.2, 0.25) is 0 Å². The summed E-state index contributed by atoms with van der Waals surface area (Å²) < 4.78 is 16.5. The van der Waals surface area contributed by atoms with Crippen LogP contribution >= 0.6 is 0 Å². The fourth-order valence-corrected chi connectivity index (χ4v) is 0.921. The summed E-state index contributed by atoms with van der Waals surface area (Å²) in [5, 5.41) is 0. The summed E-state index contributed by atoms with van der Waals surface area (Å²) in [6.45, 7) is 2.36. The van der Waals surface area contributed by atoms with Crippen molar-refractivity contribution >= 4 is 5.97 Å². The standard InChI is InChI=1S/C6H10O2.C5H4FN/c1-2-8-6(7)5-3-4-5;6-5-3-1-2-4-7-5/h5H,2-4H2,1H3;1-4H. The number of rotatable bonds is 2. The molecule has 1 fully saturated rings. The van der Waals surface area contributed by atoms with Crippen molar-refractivity contribution in [2.24, 2.45) is 5.92 Å². The van der Waals surface area contributed by atoms with Crippen molar-refractivity contribution in [3.63, 3.8) is 0 Å². The molecule has 1 aliphatic rings. The number of hydrogen-bond donors (Lipinski definition) is 0. The number of nitrogens with zero attached hydrogens (tertiary/aromatic N) is 1. The van der Waals surface area contributed by atoms with Crippen molar-refractivity contribution in [3.8, 4) is 0 Å². The molecule has 0 N–H and O–H groups in total. The molecular formula is C11H14FNO2. The van der Waals surface area contributed by atoms with Crippen molar-refractivity contribution in [2.75, 3.05) is 6.61 Å². The van der Waals surface area contributed by atoms with E-state index in [0.29, 0.717) is 6.61 Å². The molecule has 1 aromatic rings. The molecule has 0 saturated heterocycles. The highest BCUT2D eigenvalue weighted by Gasteiger charge is 2.30. The molecule has 82 valence electrons. The number of pyridine rings is 1. The van der Waals surface area contributed by atoms with Gasteiger partial charge in [0.25, 0.3) is 0 Å². The minimum Gasteiger partial charge on any atom is -0.466 e. The van der Waals surface area contributed by atoms with Gasteiger partial charge in [-0.15, -0.1) is 0 Å². The van der Waals surface area contributed by atoms with Crippen molar-refractivity contribution < 1.29 is 13.9 Å². The Balaban J connectivity index is 0.000000151. The highest BCUT2D eigenvalue weighted by Crippen LogP contribution is 2.29. The lowest BCUT2D eigenvalue weighted by molar-refractivity contribution is -0.144. The van der Waals surface area contributed by atoms with Gasteiger partial charge in [0.2, 0.25) is 5.95 Å². The van der Waals surface area contributed by atoms with E-state index in [1.807, 2.05) is 6.92 Å². The van der Waals surface area contributed by atoms with E-state index in [-0.39, 0.29) is 11.9 Å². The molecule has 1 aliphatic carbocycles. The number of halogens is 1. The van der Waals surface area contributed by atoms with E-state index in [1.165, 1.54) is 12.3 Å². The van der Waals surface area contributed by atoms with Crippen LogP contribution in [-0.2, 0) is 9.53 Å². The van der Waals surface area contributed by atoms with Crippen LogP contribution in [0.15, 0.2) is 24.4 Å². The van der Waals surface area contributed by atoms with Gasteiger partial charge < -0.3 is 4.74 Å². The zero-order valence-corrected chi connectivity index (χ0v) is 8.65. The van der Waals surface area contributed by atoms with Gasteiger partial charge in [0.1, 0.15) is 0 Å². The van der Waals surface area contributed by atoms with E-state index < -0.39 is 5.95 Å². The summed E-state index contributed by atoms with van der Waals surface area (Å²) in [6, 6.07) is 4.57. The van der Waals surface area contributed by atoms with Crippen LogP contribution in [0, 0.1) is 11.9 Å². The first-order valence-electron chi connectivity index (χ1n) is 4.97. The Morgan fingerprint density at radius 1 is 1.60 bits per heavy atom. The van der Waals surface area contributed by atoms with Crippen LogP contribution in [0.25, 0.3) is 0 Å². The normalized spacial score (nSPS) is 13.7. The largest absolute Gasteiger partial charge is 0.466 e. The molecule has 0 amide bonds. The van der Waals surface area contributed by atoms with Gasteiger partial charge in [-0.05, 0) is 31.9 Å². The van der Waals surface area contributed by atoms with Gasteiger partial charge in [-0.2, -0.15) is 4.39 Å². The van der Waals surface area contributed by atoms with E-state index in [2.05, 4.69) is 4.98 Å². The van der Waals surface area contributed by atoms with Crippen molar-refractivity contribution in [2.45, 2.75) is 19.8 Å². The SMILES string of the molecule is CCOC(=O)C1CC1.Fc1ccccn1. The maximum absolute atomic E-state index is 11.8. The van der Waals surface area contributed by atoms with E-state index in [4.69, 9.17) is 4.74 Å². The number of hydrogen-bond acceptors (Lipinski definition) is 3. The van der Waals surface area contributed by atoms with Crippen LogP contribution in [0.5, 0.6) is 0 Å². The van der Waals surface area contributed by atoms with Crippen LogP contribution < -0.4 is 0 Å². The van der Waals surface area contributed by atoms with Gasteiger partial charge in [0.15, 0.2) is 0 Å². The molecule has 2 rings (SSSR count). The molecule has 0 atom stereocenters. The number of aromatic nitrogens is 1. The zero-order valence-electron chi connectivity index (χ0n) is 8.65. The minimum atomic E-state index is -0.428. The quantitative estimate of drug-likeness (QED) is 0.556. The Labute approximate surface area is 88.3 Å². The van der Waals surface area contributed by atoms with Gasteiger partial charge >= 0.3 is 5.97 Å². The lowest BCUT2D eigenvalue weighted by Crippen LogP contribution is -2.04. The van der Waals surface area contributed by atoms with Crippen molar-refractivity contribution in [1.82, 2.24) is 4.98 Å². The van der Waals surface area contributed by atoms with E-state index in [0.717, 1.165) is 12.8 Å². The van der Waals surface area contributed by atoms with Crippen LogP contribution in [0.4, 0.5) is 4.39 Å². The predicted molar refractivity (Wildman–Crippen MR) is 53.6 cm³/mol. The molecule has 0 radical (unpaired) electrons. The summed E-state index contributed by atoms with van der Waals surface area (Å²) in [5.74, 6) is -0.176. The molecule has 4 heteroatoms. The predicted octanol–water partition coefficient (Wildman–Crippen LogP) is 2.18. The van der Waals surface area contributed by atoms with Crippen LogP contribution in [0.1, 0.15) is 19.8 Å². The molecule has 1 saturated carbocycles. The summed E-state index contributed by atoms with van der Waals surface area (Å²) in [5.41, 5.74) is 0. The molecule has 1 aromatic heterocycles. The highest BCUT2D eigenvalue weighted by molar-refractivity contribution is 5.74. The topological polar surface area (TPSA) is 39.2 Å². The van der Waals surface area contributed by atoms with Gasteiger partial charge in [0.05, 0.1) is 12.5 Å². The Kier molecular flexibility index (Phi) is 4.74. The third-order valence-electron chi connectivity index (χ3n) is 1.83. The average molecular weight is 211 g/mol. The maximum atomic E-state index is 11.8. The smallest absolute Gasteiger partial charge is 0.308 e. The second-order valence-electron chi connectivity index (χ2n) is 3.18. The third-order valence-corrected chi connectivity index (χ3v) is 1.83. The molecule has 0 aliphatic heterocycles. The monoisotopic (exact) mass is 211 g/mol. The second kappa shape index (κ2) is 6.11. The third kappa shape index (κ3) is 5.10. The molecule has 0 spiro atoms. The fourth-order valence-electron chi connectivity index (χ4n) is 0.921. The average Bonchev–Trinajstić information content (AvgIpc) is 3.03. The summed E-state index contributed by atoms with van der Waals surface area (Å²) in [6.07, 6.45) is 3.49. The lowest BCUT2D eigenvalue weighted by Gasteiger charge is -1.95. The number of carbonyl (C=O) groups is 1. The first-order valence-corrected chi connectivity index (χ1v) is 4.97. The first-order chi connectivity index (χ1) is 7.24. The number of carbonyl (C=O) groups excluding carboxylic acids is 1. The zero-order chi connectivity index (χ0) is 11.1. The van der Waals surface area contributed by atoms with Gasteiger partial charge in [-0.1, -0.05) is 6.07 Å². The lowest BCUT2D eigenvalue weighted by atomic mass is 10.4. The van der Waals surface area contributed by atoms with Gasteiger partial charge in [-0.25, -0.2) is 4.98 Å². The molecule has 3 nitrogen and oxygen atoms in total. The van der Waals surface area contributed by atoms with Crippen molar-refractivity contribution in [1.29, 1.82) is 0 Å². The number of ether oxygens (including phenoxy) is 1. The maximum Gasteiger partial charge on any atom is 0.308 e. The van der Waals surface area contributed by atoms with Crippen LogP contribution in [0.3, 0.4) is 0 Å². The minimum absolute atomic E-state index is 0.00694. The molecule has 1 heterocycles. The van der Waals surface area contributed by atoms with Gasteiger partial charge in [0, 0.05) is 6.20 Å². The Hall–Kier alpha value is -1.45. The first kappa shape index (κ1) is 11.6. The van der Waals surface area contributed by atoms with E-state index >= 15 is 0 Å². The summed E-state index contributed by atoms with van der Waals surface area (Å²) in [7, 11) is 0. The molecule has 15 heavy (non-hydrogen) atoms. The van der Waals surface area contributed by atoms with Crippen molar-refractivity contribution in [3.05, 3.63) is 30.3 Å². The molecule has 0 bridgehead atoms. The number of esters is 1. The highest BCUT2D eigenvalue weighted by atomic mass is 19.1.